The predicted molar refractivity (Wildman–Crippen MR) is 139 cm³/mol. The van der Waals surface area contributed by atoms with E-state index in [9.17, 15) is 9.59 Å². The van der Waals surface area contributed by atoms with Crippen LogP contribution in [-0.2, 0) is 24.1 Å². The molecular formula is C27H31N7O4. The summed E-state index contributed by atoms with van der Waals surface area (Å²) in [6, 6.07) is 9.53. The predicted octanol–water partition coefficient (Wildman–Crippen LogP) is 2.92. The molecule has 3 aliphatic rings. The van der Waals surface area contributed by atoms with Crippen molar-refractivity contribution in [2.75, 3.05) is 45.3 Å². The van der Waals surface area contributed by atoms with Crippen molar-refractivity contribution < 1.29 is 19.1 Å². The standard InChI is InChI=1S/C27H31N7O4/c1-17-6-7-24-30-31-25(34(17)24)21-4-3-5-23(28-21)29-26(35)20-14-19-16-33(9-8-18(19)15-22(20)37-2)27(36)32-10-12-38-13-11-32/h3-5,14-15,17H,6-13,16H2,1-2H3,(H,28,29,35)/t17-/m0/s1. The third-order valence-corrected chi connectivity index (χ3v) is 7.54. The number of carbonyl (C=O) groups excluding carboxylic acids is 2. The Kier molecular flexibility index (Phi) is 6.44. The quantitative estimate of drug-likeness (QED) is 0.566. The summed E-state index contributed by atoms with van der Waals surface area (Å²) in [4.78, 5) is 34.8. The number of pyridine rings is 1. The van der Waals surface area contributed by atoms with Gasteiger partial charge in [0.1, 0.15) is 23.1 Å². The molecule has 2 aromatic heterocycles. The van der Waals surface area contributed by atoms with E-state index in [0.29, 0.717) is 80.5 Å². The van der Waals surface area contributed by atoms with Crippen LogP contribution < -0.4 is 10.1 Å². The Morgan fingerprint density at radius 3 is 2.71 bits per heavy atom. The number of aromatic nitrogens is 4. The molecule has 11 heteroatoms. The zero-order valence-electron chi connectivity index (χ0n) is 21.6. The number of nitrogens with one attached hydrogen (secondary N) is 1. The first kappa shape index (κ1) is 24.4. The maximum absolute atomic E-state index is 13.4. The van der Waals surface area contributed by atoms with Gasteiger partial charge in [-0.15, -0.1) is 10.2 Å². The third kappa shape index (κ3) is 4.47. The molecular weight excluding hydrogens is 486 g/mol. The molecule has 1 fully saturated rings. The average Bonchev–Trinajstić information content (AvgIpc) is 3.55. The van der Waals surface area contributed by atoms with E-state index in [1.54, 1.807) is 13.2 Å². The minimum absolute atomic E-state index is 0.0102. The first-order valence-electron chi connectivity index (χ1n) is 13.1. The number of fused-ring (bicyclic) bond motifs is 2. The minimum Gasteiger partial charge on any atom is -0.496 e. The summed E-state index contributed by atoms with van der Waals surface area (Å²) in [5, 5.41) is 11.6. The number of anilines is 1. The van der Waals surface area contributed by atoms with Gasteiger partial charge in [-0.25, -0.2) is 9.78 Å². The number of nitrogens with zero attached hydrogens (tertiary/aromatic N) is 6. The largest absolute Gasteiger partial charge is 0.496 e. The Bertz CT molecular complexity index is 1380. The van der Waals surface area contributed by atoms with E-state index in [0.717, 1.165) is 29.8 Å². The molecule has 11 nitrogen and oxygen atoms in total. The van der Waals surface area contributed by atoms with Crippen LogP contribution in [0.1, 0.15) is 46.7 Å². The molecule has 3 aromatic rings. The SMILES string of the molecule is COc1cc2c(cc1C(=O)Nc1cccc(-c3nnc4n3[C@@H](C)CC4)n1)CN(C(=O)N1CCOCC1)CC2. The zero-order chi connectivity index (χ0) is 26.2. The van der Waals surface area contributed by atoms with Gasteiger partial charge in [-0.05, 0) is 55.2 Å². The molecule has 0 saturated carbocycles. The summed E-state index contributed by atoms with van der Waals surface area (Å²) in [6.45, 7) is 5.53. The number of hydrogen-bond acceptors (Lipinski definition) is 7. The summed E-state index contributed by atoms with van der Waals surface area (Å²) in [5.41, 5.74) is 3.08. The van der Waals surface area contributed by atoms with Crippen molar-refractivity contribution in [3.63, 3.8) is 0 Å². The molecule has 0 spiro atoms. The lowest BCUT2D eigenvalue weighted by atomic mass is 9.96. The Morgan fingerprint density at radius 2 is 1.89 bits per heavy atom. The number of methoxy groups -OCH3 is 1. The van der Waals surface area contributed by atoms with E-state index in [1.807, 2.05) is 34.1 Å². The Morgan fingerprint density at radius 1 is 1.05 bits per heavy atom. The lowest BCUT2D eigenvalue weighted by molar-refractivity contribution is 0.0421. The summed E-state index contributed by atoms with van der Waals surface area (Å²) < 4.78 is 13.1. The van der Waals surface area contributed by atoms with E-state index in [1.165, 1.54) is 0 Å². The van der Waals surface area contributed by atoms with Crippen LogP contribution in [0.2, 0.25) is 0 Å². The first-order chi connectivity index (χ1) is 18.5. The normalized spacial score (nSPS) is 18.6. The number of hydrogen-bond donors (Lipinski definition) is 1. The summed E-state index contributed by atoms with van der Waals surface area (Å²) >= 11 is 0. The average molecular weight is 518 g/mol. The monoisotopic (exact) mass is 517 g/mol. The number of urea groups is 1. The summed E-state index contributed by atoms with van der Waals surface area (Å²) in [6.07, 6.45) is 2.63. The third-order valence-electron chi connectivity index (χ3n) is 7.54. The number of morpholine rings is 1. The van der Waals surface area contributed by atoms with Gasteiger partial charge in [0.05, 0.1) is 25.9 Å². The fourth-order valence-electron chi connectivity index (χ4n) is 5.46. The molecule has 0 aliphatic carbocycles. The van der Waals surface area contributed by atoms with Gasteiger partial charge in [0, 0.05) is 38.6 Å². The maximum atomic E-state index is 13.4. The Hall–Kier alpha value is -3.99. The molecule has 1 atom stereocenters. The van der Waals surface area contributed by atoms with Crippen LogP contribution in [0.5, 0.6) is 5.75 Å². The van der Waals surface area contributed by atoms with E-state index in [2.05, 4.69) is 32.0 Å². The van der Waals surface area contributed by atoms with Crippen molar-refractivity contribution in [1.29, 1.82) is 0 Å². The molecule has 6 rings (SSSR count). The van der Waals surface area contributed by atoms with Crippen molar-refractivity contribution in [3.8, 4) is 17.3 Å². The van der Waals surface area contributed by atoms with Crippen LogP contribution in [0.25, 0.3) is 11.5 Å². The minimum atomic E-state index is -0.328. The van der Waals surface area contributed by atoms with Gasteiger partial charge in [0.25, 0.3) is 5.91 Å². The fourth-order valence-corrected chi connectivity index (χ4v) is 5.46. The van der Waals surface area contributed by atoms with E-state index in [4.69, 9.17) is 9.47 Å². The highest BCUT2D eigenvalue weighted by atomic mass is 16.5. The van der Waals surface area contributed by atoms with Crippen LogP contribution in [-0.4, -0.2) is 81.4 Å². The maximum Gasteiger partial charge on any atom is 0.320 e. The van der Waals surface area contributed by atoms with Gasteiger partial charge in [-0.3, -0.25) is 4.79 Å². The highest BCUT2D eigenvalue weighted by Gasteiger charge is 2.29. The van der Waals surface area contributed by atoms with E-state index >= 15 is 0 Å². The number of amides is 3. The lowest BCUT2D eigenvalue weighted by Gasteiger charge is -2.35. The van der Waals surface area contributed by atoms with Gasteiger partial charge in [-0.1, -0.05) is 6.07 Å². The van der Waals surface area contributed by atoms with Gasteiger partial charge < -0.3 is 29.2 Å². The number of ether oxygens (including phenoxy) is 2. The lowest BCUT2D eigenvalue weighted by Crippen LogP contribution is -2.49. The highest BCUT2D eigenvalue weighted by molar-refractivity contribution is 6.06. The van der Waals surface area contributed by atoms with Gasteiger partial charge in [0.15, 0.2) is 5.82 Å². The molecule has 198 valence electrons. The zero-order valence-corrected chi connectivity index (χ0v) is 21.6. The topological polar surface area (TPSA) is 115 Å². The van der Waals surface area contributed by atoms with Crippen LogP contribution in [0.4, 0.5) is 10.6 Å². The molecule has 0 radical (unpaired) electrons. The van der Waals surface area contributed by atoms with Crippen molar-refractivity contribution in [3.05, 3.63) is 52.8 Å². The molecule has 1 aromatic carbocycles. The van der Waals surface area contributed by atoms with Crippen LogP contribution in [0, 0.1) is 0 Å². The molecule has 1 saturated heterocycles. The molecule has 1 N–H and O–H groups in total. The smallest absolute Gasteiger partial charge is 0.320 e. The molecule has 0 bridgehead atoms. The van der Waals surface area contributed by atoms with Crippen LogP contribution in [0.3, 0.4) is 0 Å². The molecule has 5 heterocycles. The first-order valence-corrected chi connectivity index (χ1v) is 13.1. The van der Waals surface area contributed by atoms with Crippen molar-refractivity contribution in [2.45, 2.75) is 38.8 Å². The molecule has 3 aliphatic heterocycles. The van der Waals surface area contributed by atoms with E-state index < -0.39 is 0 Å². The van der Waals surface area contributed by atoms with Crippen molar-refractivity contribution in [1.82, 2.24) is 29.5 Å². The van der Waals surface area contributed by atoms with Gasteiger partial charge in [-0.2, -0.15) is 0 Å². The highest BCUT2D eigenvalue weighted by Crippen LogP contribution is 2.31. The second kappa shape index (κ2) is 10.1. The number of aryl methyl sites for hydroxylation is 1. The van der Waals surface area contributed by atoms with Crippen molar-refractivity contribution in [2.24, 2.45) is 0 Å². The number of benzene rings is 1. The Labute approximate surface area is 220 Å². The fraction of sp³-hybridized carbons (Fsp3) is 0.444. The second-order valence-corrected chi connectivity index (χ2v) is 9.93. The van der Waals surface area contributed by atoms with Crippen LogP contribution >= 0.6 is 0 Å². The second-order valence-electron chi connectivity index (χ2n) is 9.93. The van der Waals surface area contributed by atoms with Crippen molar-refractivity contribution >= 4 is 17.8 Å². The Balaban J connectivity index is 1.22. The molecule has 38 heavy (non-hydrogen) atoms. The van der Waals surface area contributed by atoms with Crippen LogP contribution in [0.15, 0.2) is 30.3 Å². The van der Waals surface area contributed by atoms with Gasteiger partial charge >= 0.3 is 6.03 Å². The number of rotatable bonds is 4. The molecule has 0 unspecified atom stereocenters. The molecule has 3 amide bonds. The van der Waals surface area contributed by atoms with E-state index in [-0.39, 0.29) is 11.9 Å². The summed E-state index contributed by atoms with van der Waals surface area (Å²) in [5.74, 6) is 2.25. The van der Waals surface area contributed by atoms with Gasteiger partial charge in [0.2, 0.25) is 0 Å². The summed E-state index contributed by atoms with van der Waals surface area (Å²) in [7, 11) is 1.56. The number of carbonyl (C=O) groups is 2.